The molecule has 2 saturated heterocycles. The topological polar surface area (TPSA) is 54.9 Å². The number of nitrogens with zero attached hydrogens (tertiary/aromatic N) is 3. The van der Waals surface area contributed by atoms with Gasteiger partial charge < -0.3 is 19.3 Å². The van der Waals surface area contributed by atoms with Gasteiger partial charge >= 0.3 is 6.03 Å². The van der Waals surface area contributed by atoms with Crippen LogP contribution in [-0.2, 0) is 16.1 Å². The third-order valence-corrected chi connectivity index (χ3v) is 4.60. The summed E-state index contributed by atoms with van der Waals surface area (Å²) in [6.45, 7) is 2.66. The quantitative estimate of drug-likeness (QED) is 0.854. The Morgan fingerprint density at radius 3 is 3.00 bits per heavy atom. The average Bonchev–Trinajstić information content (AvgIpc) is 2.95. The first kappa shape index (κ1) is 16.2. The van der Waals surface area contributed by atoms with Gasteiger partial charge in [-0.25, -0.2) is 4.79 Å². The number of hydrogen-bond donors (Lipinski definition) is 0. The summed E-state index contributed by atoms with van der Waals surface area (Å²) in [6.07, 6.45) is 6.48. The number of carbonyl (C=O) groups excluding carboxylic acids is 1. The summed E-state index contributed by atoms with van der Waals surface area (Å²) in [5.74, 6) is 0. The van der Waals surface area contributed by atoms with E-state index in [0.29, 0.717) is 19.8 Å². The van der Waals surface area contributed by atoms with Gasteiger partial charge in [0.05, 0.1) is 31.5 Å². The number of piperidine rings is 1. The van der Waals surface area contributed by atoms with Gasteiger partial charge in [-0.05, 0) is 30.5 Å². The van der Waals surface area contributed by atoms with Crippen molar-refractivity contribution in [2.75, 3.05) is 33.8 Å². The first-order valence-corrected chi connectivity index (χ1v) is 8.19. The number of urea groups is 1. The smallest absolute Gasteiger partial charge is 0.319 e. The summed E-state index contributed by atoms with van der Waals surface area (Å²) in [6, 6.07) is 3.99. The van der Waals surface area contributed by atoms with Crippen molar-refractivity contribution in [2.45, 2.75) is 37.6 Å². The van der Waals surface area contributed by atoms with Crippen LogP contribution in [0.4, 0.5) is 4.79 Å². The molecule has 1 spiro atoms. The Bertz CT molecular complexity index is 537. The van der Waals surface area contributed by atoms with Crippen LogP contribution in [0.1, 0.15) is 24.8 Å². The van der Waals surface area contributed by atoms with Gasteiger partial charge in [0, 0.05) is 39.5 Å². The molecule has 6 nitrogen and oxygen atoms in total. The molecule has 1 aromatic rings. The maximum Gasteiger partial charge on any atom is 0.319 e. The van der Waals surface area contributed by atoms with Crippen LogP contribution in [0.2, 0.25) is 0 Å². The molecule has 3 rings (SSSR count). The van der Waals surface area contributed by atoms with E-state index in [0.717, 1.165) is 31.4 Å². The summed E-state index contributed by atoms with van der Waals surface area (Å²) in [7, 11) is 3.58. The Kier molecular flexibility index (Phi) is 4.82. The minimum absolute atomic E-state index is 0.0637. The Labute approximate surface area is 137 Å². The van der Waals surface area contributed by atoms with Crippen LogP contribution in [0, 0.1) is 0 Å². The number of hydrogen-bond acceptors (Lipinski definition) is 4. The van der Waals surface area contributed by atoms with E-state index < -0.39 is 0 Å². The number of amides is 2. The minimum atomic E-state index is -0.229. The van der Waals surface area contributed by atoms with E-state index in [1.165, 1.54) is 0 Å². The van der Waals surface area contributed by atoms with E-state index in [-0.39, 0.29) is 17.7 Å². The molecule has 23 heavy (non-hydrogen) atoms. The van der Waals surface area contributed by atoms with Crippen LogP contribution in [0.15, 0.2) is 24.5 Å². The lowest BCUT2D eigenvalue weighted by molar-refractivity contribution is -0.0451. The molecule has 2 aliphatic rings. The number of carbonyl (C=O) groups is 1. The highest BCUT2D eigenvalue weighted by atomic mass is 16.6. The fourth-order valence-corrected chi connectivity index (χ4v) is 3.43. The van der Waals surface area contributed by atoms with Gasteiger partial charge in [-0.2, -0.15) is 0 Å². The molecule has 0 unspecified atom stereocenters. The Hall–Kier alpha value is -1.66. The fourth-order valence-electron chi connectivity index (χ4n) is 3.43. The van der Waals surface area contributed by atoms with Crippen molar-refractivity contribution in [3.63, 3.8) is 0 Å². The molecule has 1 aromatic heterocycles. The van der Waals surface area contributed by atoms with Gasteiger partial charge in [0.15, 0.2) is 0 Å². The van der Waals surface area contributed by atoms with Crippen LogP contribution < -0.4 is 0 Å². The summed E-state index contributed by atoms with van der Waals surface area (Å²) < 4.78 is 12.1. The van der Waals surface area contributed by atoms with Crippen LogP contribution in [0.25, 0.3) is 0 Å². The Morgan fingerprint density at radius 2 is 2.26 bits per heavy atom. The van der Waals surface area contributed by atoms with Crippen LogP contribution >= 0.6 is 0 Å². The SMILES string of the molecule is CN(C)C(=O)N1CCC[C@]2(C[C@H](OCc3ccncc3)CO2)C1. The number of likely N-dealkylation sites (tertiary alicyclic amines) is 1. The highest BCUT2D eigenvalue weighted by Gasteiger charge is 2.45. The van der Waals surface area contributed by atoms with Crippen molar-refractivity contribution in [3.8, 4) is 0 Å². The van der Waals surface area contributed by atoms with Crippen LogP contribution in [0.3, 0.4) is 0 Å². The minimum Gasteiger partial charge on any atom is -0.371 e. The predicted molar refractivity (Wildman–Crippen MR) is 86.0 cm³/mol. The maximum absolute atomic E-state index is 12.2. The normalized spacial score (nSPS) is 27.4. The summed E-state index contributed by atoms with van der Waals surface area (Å²) >= 11 is 0. The molecule has 0 radical (unpaired) electrons. The molecule has 2 fully saturated rings. The lowest BCUT2D eigenvalue weighted by Gasteiger charge is -2.40. The molecular weight excluding hydrogens is 294 g/mol. The van der Waals surface area contributed by atoms with Crippen LogP contribution in [0.5, 0.6) is 0 Å². The molecule has 0 bridgehead atoms. The van der Waals surface area contributed by atoms with Gasteiger partial charge in [-0.3, -0.25) is 4.98 Å². The largest absolute Gasteiger partial charge is 0.371 e. The molecule has 0 aromatic carbocycles. The third kappa shape index (κ3) is 3.82. The second-order valence-electron chi connectivity index (χ2n) is 6.69. The van der Waals surface area contributed by atoms with Crippen molar-refractivity contribution in [1.29, 1.82) is 0 Å². The van der Waals surface area contributed by atoms with Crippen molar-refractivity contribution in [3.05, 3.63) is 30.1 Å². The van der Waals surface area contributed by atoms with Gasteiger partial charge in [-0.15, -0.1) is 0 Å². The number of aromatic nitrogens is 1. The maximum atomic E-state index is 12.2. The van der Waals surface area contributed by atoms with E-state index in [1.807, 2.05) is 17.0 Å². The van der Waals surface area contributed by atoms with Crippen molar-refractivity contribution in [1.82, 2.24) is 14.8 Å². The molecule has 0 saturated carbocycles. The molecule has 2 atom stereocenters. The van der Waals surface area contributed by atoms with Gasteiger partial charge in [0.25, 0.3) is 0 Å². The van der Waals surface area contributed by atoms with Gasteiger partial charge in [0.1, 0.15) is 0 Å². The van der Waals surface area contributed by atoms with Crippen molar-refractivity contribution < 1.29 is 14.3 Å². The molecule has 3 heterocycles. The number of rotatable bonds is 3. The van der Waals surface area contributed by atoms with Gasteiger partial charge in [-0.1, -0.05) is 0 Å². The first-order valence-electron chi connectivity index (χ1n) is 8.19. The monoisotopic (exact) mass is 319 g/mol. The molecule has 0 N–H and O–H groups in total. The van der Waals surface area contributed by atoms with E-state index in [9.17, 15) is 4.79 Å². The van der Waals surface area contributed by atoms with Gasteiger partial charge in [0.2, 0.25) is 0 Å². The highest BCUT2D eigenvalue weighted by Crippen LogP contribution is 2.36. The molecule has 126 valence electrons. The van der Waals surface area contributed by atoms with Crippen molar-refractivity contribution in [2.24, 2.45) is 0 Å². The number of ether oxygens (including phenoxy) is 2. The first-order chi connectivity index (χ1) is 11.1. The summed E-state index contributed by atoms with van der Waals surface area (Å²) in [5.41, 5.74) is 0.890. The summed E-state index contributed by atoms with van der Waals surface area (Å²) in [4.78, 5) is 19.7. The summed E-state index contributed by atoms with van der Waals surface area (Å²) in [5, 5.41) is 0. The molecule has 6 heteroatoms. The standard InChI is InChI=1S/C17H25N3O3/c1-19(2)16(21)20-9-3-6-17(13-20)10-15(12-23-17)22-11-14-4-7-18-8-5-14/h4-5,7-8,15H,3,6,9-13H2,1-2H3/t15-,17-/m0/s1. The lowest BCUT2D eigenvalue weighted by Crippen LogP contribution is -2.52. The second-order valence-corrected chi connectivity index (χ2v) is 6.69. The average molecular weight is 319 g/mol. The zero-order valence-electron chi connectivity index (χ0n) is 13.9. The zero-order valence-corrected chi connectivity index (χ0v) is 13.9. The van der Waals surface area contributed by atoms with Crippen molar-refractivity contribution >= 4 is 6.03 Å². The van der Waals surface area contributed by atoms with E-state index in [2.05, 4.69) is 4.98 Å². The van der Waals surface area contributed by atoms with E-state index >= 15 is 0 Å². The lowest BCUT2D eigenvalue weighted by atomic mass is 9.89. The zero-order chi connectivity index (χ0) is 16.3. The molecule has 2 aliphatic heterocycles. The highest BCUT2D eigenvalue weighted by molar-refractivity contribution is 5.74. The van der Waals surface area contributed by atoms with Crippen LogP contribution in [-0.4, -0.2) is 66.3 Å². The van der Waals surface area contributed by atoms with E-state index in [4.69, 9.17) is 9.47 Å². The molecule has 0 aliphatic carbocycles. The fraction of sp³-hybridized carbons (Fsp3) is 0.647. The molecular formula is C17H25N3O3. The predicted octanol–water partition coefficient (Wildman–Crippen LogP) is 1.90. The Balaban J connectivity index is 1.54. The Morgan fingerprint density at radius 1 is 1.48 bits per heavy atom. The van der Waals surface area contributed by atoms with E-state index in [1.54, 1.807) is 31.4 Å². The number of pyridine rings is 1. The third-order valence-electron chi connectivity index (χ3n) is 4.60. The second kappa shape index (κ2) is 6.84. The molecule has 2 amide bonds.